The van der Waals surface area contributed by atoms with Crippen molar-refractivity contribution in [3.8, 4) is 0 Å². The molecule has 72 valence electrons. The molecule has 1 saturated heterocycles. The van der Waals surface area contributed by atoms with E-state index in [0.29, 0.717) is 0 Å². The van der Waals surface area contributed by atoms with Crippen LogP contribution in [0, 0.1) is 0 Å². The van der Waals surface area contributed by atoms with Gasteiger partial charge in [-0.05, 0) is 0 Å². The molecule has 0 aromatic carbocycles. The summed E-state index contributed by atoms with van der Waals surface area (Å²) in [6.45, 7) is 0. The minimum atomic E-state index is -3.03. The molecule has 0 aromatic heterocycles. The number of hydrogen-bond donors (Lipinski definition) is 2. The third-order valence-corrected chi connectivity index (χ3v) is 3.46. The summed E-state index contributed by atoms with van der Waals surface area (Å²) in [4.78, 5) is 0. The highest BCUT2D eigenvalue weighted by molar-refractivity contribution is 7.91. The summed E-state index contributed by atoms with van der Waals surface area (Å²) in [7, 11) is 0.494. The number of sulfone groups is 1. The average molecular weight is 194 g/mol. The van der Waals surface area contributed by atoms with Gasteiger partial charge in [-0.15, -0.1) is 0 Å². The maximum absolute atomic E-state index is 11.0. The van der Waals surface area contributed by atoms with Crippen LogP contribution in [-0.4, -0.2) is 56.3 Å². The lowest BCUT2D eigenvalue weighted by Gasteiger charge is -2.19. The molecule has 1 rings (SSSR count). The first kappa shape index (κ1) is 9.91. The Hall–Kier alpha value is -0.170. The first-order valence-corrected chi connectivity index (χ1v) is 5.55. The summed E-state index contributed by atoms with van der Waals surface area (Å²) in [5, 5.41) is 11.0. The molecule has 2 N–H and O–H groups in total. The van der Waals surface area contributed by atoms with Crippen molar-refractivity contribution in [3.05, 3.63) is 0 Å². The molecular weight excluding hydrogens is 180 g/mol. The van der Waals surface area contributed by atoms with E-state index < -0.39 is 15.9 Å². The molecule has 0 bridgehead atoms. The van der Waals surface area contributed by atoms with Gasteiger partial charge in [0.1, 0.15) is 0 Å². The van der Waals surface area contributed by atoms with E-state index in [2.05, 4.69) is 5.43 Å². The first-order chi connectivity index (χ1) is 5.41. The van der Waals surface area contributed by atoms with Crippen LogP contribution in [0.2, 0.25) is 0 Å². The second kappa shape index (κ2) is 3.29. The Bertz CT molecular complexity index is 250. The number of nitrogens with one attached hydrogen (secondary N) is 1. The molecule has 2 atom stereocenters. The third-order valence-electron chi connectivity index (χ3n) is 1.75. The van der Waals surface area contributed by atoms with Crippen molar-refractivity contribution >= 4 is 9.84 Å². The fourth-order valence-electron chi connectivity index (χ4n) is 1.28. The fraction of sp³-hybridized carbons (Fsp3) is 1.00. The van der Waals surface area contributed by atoms with E-state index in [4.69, 9.17) is 0 Å². The summed E-state index contributed by atoms with van der Waals surface area (Å²) in [5.41, 5.74) is 2.85. The number of hydrogen-bond acceptors (Lipinski definition) is 5. The molecule has 0 spiro atoms. The van der Waals surface area contributed by atoms with E-state index in [-0.39, 0.29) is 17.5 Å². The zero-order valence-corrected chi connectivity index (χ0v) is 8.00. The van der Waals surface area contributed by atoms with Gasteiger partial charge in [-0.3, -0.25) is 5.01 Å². The maximum Gasteiger partial charge on any atom is 0.154 e. The smallest absolute Gasteiger partial charge is 0.154 e. The molecule has 0 aliphatic carbocycles. The van der Waals surface area contributed by atoms with Gasteiger partial charge in [0.15, 0.2) is 9.84 Å². The molecule has 1 heterocycles. The predicted octanol–water partition coefficient (Wildman–Crippen LogP) is -1.79. The van der Waals surface area contributed by atoms with E-state index in [1.807, 2.05) is 0 Å². The van der Waals surface area contributed by atoms with E-state index in [0.717, 1.165) is 0 Å². The monoisotopic (exact) mass is 194 g/mol. The SMILES string of the molecule is CN(C)N[C@H]1CS(=O)(=O)C[C@H]1O. The van der Waals surface area contributed by atoms with Crippen LogP contribution in [0.5, 0.6) is 0 Å². The molecule has 1 aliphatic rings. The number of aliphatic hydroxyl groups is 1. The Labute approximate surface area is 72.3 Å². The lowest BCUT2D eigenvalue weighted by molar-refractivity contribution is 0.122. The van der Waals surface area contributed by atoms with E-state index >= 15 is 0 Å². The summed E-state index contributed by atoms with van der Waals surface area (Å²) in [6.07, 6.45) is -0.780. The quantitative estimate of drug-likeness (QED) is 0.508. The Morgan fingerprint density at radius 3 is 2.33 bits per heavy atom. The van der Waals surface area contributed by atoms with Crippen LogP contribution in [-0.2, 0) is 9.84 Å². The van der Waals surface area contributed by atoms with Crippen LogP contribution in [0.15, 0.2) is 0 Å². The van der Waals surface area contributed by atoms with Gasteiger partial charge in [0.25, 0.3) is 0 Å². The third kappa shape index (κ3) is 2.41. The second-order valence-electron chi connectivity index (χ2n) is 3.27. The topological polar surface area (TPSA) is 69.6 Å². The molecule has 1 fully saturated rings. The van der Waals surface area contributed by atoms with Crippen LogP contribution in [0.25, 0.3) is 0 Å². The molecule has 0 saturated carbocycles. The van der Waals surface area contributed by atoms with E-state index in [1.54, 1.807) is 19.1 Å². The molecule has 0 aromatic rings. The number of rotatable bonds is 2. The number of nitrogens with zero attached hydrogens (tertiary/aromatic N) is 1. The summed E-state index contributed by atoms with van der Waals surface area (Å²) in [5.74, 6) is -0.106. The van der Waals surface area contributed by atoms with Gasteiger partial charge in [0.05, 0.1) is 23.7 Å². The van der Waals surface area contributed by atoms with Gasteiger partial charge in [-0.25, -0.2) is 13.8 Å². The molecule has 5 nitrogen and oxygen atoms in total. The van der Waals surface area contributed by atoms with Crippen molar-refractivity contribution in [2.24, 2.45) is 0 Å². The van der Waals surface area contributed by atoms with Gasteiger partial charge in [0, 0.05) is 14.1 Å². The van der Waals surface area contributed by atoms with Crippen molar-refractivity contribution in [1.82, 2.24) is 10.4 Å². The number of aliphatic hydroxyl groups excluding tert-OH is 1. The fourth-order valence-corrected chi connectivity index (χ4v) is 3.02. The standard InChI is InChI=1S/C6H14N2O3S/c1-8(2)7-5-3-12(10,11)4-6(5)9/h5-7,9H,3-4H2,1-2H3/t5-,6+/m0/s1. The van der Waals surface area contributed by atoms with Crippen molar-refractivity contribution in [2.45, 2.75) is 12.1 Å². The lowest BCUT2D eigenvalue weighted by Crippen LogP contribution is -2.46. The van der Waals surface area contributed by atoms with Gasteiger partial charge in [-0.1, -0.05) is 0 Å². The minimum absolute atomic E-state index is 0.0202. The molecule has 1 aliphatic heterocycles. The minimum Gasteiger partial charge on any atom is -0.390 e. The molecule has 0 radical (unpaired) electrons. The highest BCUT2D eigenvalue weighted by Crippen LogP contribution is 2.12. The Kier molecular flexibility index (Phi) is 2.72. The van der Waals surface area contributed by atoms with Gasteiger partial charge >= 0.3 is 0 Å². The van der Waals surface area contributed by atoms with E-state index in [9.17, 15) is 13.5 Å². The van der Waals surface area contributed by atoms with Crippen LogP contribution >= 0.6 is 0 Å². The average Bonchev–Trinajstić information content (AvgIpc) is 2.03. The molecule has 0 unspecified atom stereocenters. The Morgan fingerprint density at radius 1 is 1.42 bits per heavy atom. The Morgan fingerprint density at radius 2 is 2.00 bits per heavy atom. The Balaban J connectivity index is 2.58. The maximum atomic E-state index is 11.0. The van der Waals surface area contributed by atoms with Crippen molar-refractivity contribution < 1.29 is 13.5 Å². The van der Waals surface area contributed by atoms with Crippen LogP contribution in [0.1, 0.15) is 0 Å². The summed E-state index contributed by atoms with van der Waals surface area (Å²) in [6, 6.07) is -0.356. The molecule has 6 heteroatoms. The van der Waals surface area contributed by atoms with Crippen molar-refractivity contribution in [1.29, 1.82) is 0 Å². The molecule has 12 heavy (non-hydrogen) atoms. The van der Waals surface area contributed by atoms with Gasteiger partial charge in [-0.2, -0.15) is 0 Å². The second-order valence-corrected chi connectivity index (χ2v) is 5.43. The number of hydrazine groups is 1. The summed E-state index contributed by atoms with van der Waals surface area (Å²) >= 11 is 0. The van der Waals surface area contributed by atoms with Crippen molar-refractivity contribution in [2.75, 3.05) is 25.6 Å². The molecule has 0 amide bonds. The highest BCUT2D eigenvalue weighted by atomic mass is 32.2. The van der Waals surface area contributed by atoms with Crippen LogP contribution < -0.4 is 5.43 Å². The highest BCUT2D eigenvalue weighted by Gasteiger charge is 2.36. The molecular formula is C6H14N2O3S. The van der Waals surface area contributed by atoms with Crippen molar-refractivity contribution in [3.63, 3.8) is 0 Å². The van der Waals surface area contributed by atoms with E-state index in [1.165, 1.54) is 0 Å². The zero-order valence-electron chi connectivity index (χ0n) is 7.19. The normalized spacial score (nSPS) is 34.3. The van der Waals surface area contributed by atoms with Gasteiger partial charge in [0.2, 0.25) is 0 Å². The van der Waals surface area contributed by atoms with Crippen LogP contribution in [0.4, 0.5) is 0 Å². The zero-order chi connectivity index (χ0) is 9.35. The lowest BCUT2D eigenvalue weighted by atomic mass is 10.2. The van der Waals surface area contributed by atoms with Gasteiger partial charge < -0.3 is 5.11 Å². The predicted molar refractivity (Wildman–Crippen MR) is 45.3 cm³/mol. The van der Waals surface area contributed by atoms with Crippen LogP contribution in [0.3, 0.4) is 0 Å². The first-order valence-electron chi connectivity index (χ1n) is 3.73. The summed E-state index contributed by atoms with van der Waals surface area (Å²) < 4.78 is 22.0. The largest absolute Gasteiger partial charge is 0.390 e.